The summed E-state index contributed by atoms with van der Waals surface area (Å²) in [6, 6.07) is 12.0. The van der Waals surface area contributed by atoms with Crippen molar-refractivity contribution in [2.75, 3.05) is 21.0 Å². The second kappa shape index (κ2) is 6.50. The van der Waals surface area contributed by atoms with E-state index < -0.39 is 5.92 Å². The Morgan fingerprint density at radius 2 is 1.92 bits per heavy atom. The molecule has 6 heteroatoms. The summed E-state index contributed by atoms with van der Waals surface area (Å²) >= 11 is 0. The predicted octanol–water partition coefficient (Wildman–Crippen LogP) is 2.92. The number of ether oxygens (including phenoxy) is 4. The van der Waals surface area contributed by atoms with E-state index in [-0.39, 0.29) is 12.6 Å². The number of hydrogen-bond donors (Lipinski definition) is 0. The van der Waals surface area contributed by atoms with Gasteiger partial charge in [-0.25, -0.2) is 0 Å². The van der Waals surface area contributed by atoms with Gasteiger partial charge < -0.3 is 18.9 Å². The van der Waals surface area contributed by atoms with Crippen LogP contribution >= 0.6 is 0 Å². The molecule has 0 saturated carbocycles. The number of ketones is 1. The largest absolute Gasteiger partial charge is 0.497 e. The fraction of sp³-hybridized carbons (Fsp3) is 0.222. The van der Waals surface area contributed by atoms with Crippen LogP contribution in [0.4, 0.5) is 0 Å². The summed E-state index contributed by atoms with van der Waals surface area (Å²) < 4.78 is 21.0. The van der Waals surface area contributed by atoms with Gasteiger partial charge in [0.25, 0.3) is 0 Å². The number of fused-ring (bicyclic) bond motifs is 1. The molecule has 0 radical (unpaired) electrons. The van der Waals surface area contributed by atoms with Gasteiger partial charge in [0.1, 0.15) is 11.7 Å². The third-order valence-electron chi connectivity index (χ3n) is 3.78. The summed E-state index contributed by atoms with van der Waals surface area (Å²) in [5.74, 6) is 0.748. The van der Waals surface area contributed by atoms with Crippen LogP contribution in [0.25, 0.3) is 0 Å². The minimum atomic E-state index is -0.971. The van der Waals surface area contributed by atoms with Crippen molar-refractivity contribution in [3.05, 3.63) is 47.5 Å². The van der Waals surface area contributed by atoms with Gasteiger partial charge in [-0.05, 0) is 42.0 Å². The van der Waals surface area contributed by atoms with Crippen LogP contribution in [0.3, 0.4) is 0 Å². The molecular weight excluding hydrogens is 310 g/mol. The monoisotopic (exact) mass is 325 g/mol. The zero-order chi connectivity index (χ0) is 17.1. The Morgan fingerprint density at radius 3 is 2.54 bits per heavy atom. The lowest BCUT2D eigenvalue weighted by Crippen LogP contribution is -2.11. The first-order valence-corrected chi connectivity index (χ1v) is 7.23. The average Bonchev–Trinajstić information content (AvgIpc) is 3.10. The van der Waals surface area contributed by atoms with E-state index in [1.54, 1.807) is 43.5 Å². The molecule has 0 bridgehead atoms. The Morgan fingerprint density at radius 1 is 1.17 bits per heavy atom. The van der Waals surface area contributed by atoms with Crippen LogP contribution in [0.5, 0.6) is 23.0 Å². The third-order valence-corrected chi connectivity index (χ3v) is 3.78. The van der Waals surface area contributed by atoms with Crippen LogP contribution in [0, 0.1) is 11.3 Å². The first-order valence-electron chi connectivity index (χ1n) is 7.23. The van der Waals surface area contributed by atoms with Gasteiger partial charge in [0.15, 0.2) is 17.3 Å². The highest BCUT2D eigenvalue weighted by Crippen LogP contribution is 2.43. The molecule has 0 N–H and O–H groups in total. The summed E-state index contributed by atoms with van der Waals surface area (Å²) in [4.78, 5) is 12.7. The maximum absolute atomic E-state index is 12.7. The van der Waals surface area contributed by atoms with Gasteiger partial charge in [-0.1, -0.05) is 0 Å². The van der Waals surface area contributed by atoms with E-state index in [1.165, 1.54) is 7.11 Å². The number of methoxy groups -OCH3 is 2. The van der Waals surface area contributed by atoms with Gasteiger partial charge in [-0.3, -0.25) is 4.79 Å². The van der Waals surface area contributed by atoms with Crippen LogP contribution in [0.15, 0.2) is 36.4 Å². The summed E-state index contributed by atoms with van der Waals surface area (Å²) in [5.41, 5.74) is 0.929. The number of carbonyl (C=O) groups is 1. The SMILES string of the molecule is COc1ccc(C(=O)C(C#N)c2cc(OC)c3c(c2)OCO3)cc1. The lowest BCUT2D eigenvalue weighted by Gasteiger charge is -2.12. The molecule has 0 saturated heterocycles. The second-order valence-corrected chi connectivity index (χ2v) is 5.11. The highest BCUT2D eigenvalue weighted by Gasteiger charge is 2.27. The maximum Gasteiger partial charge on any atom is 0.231 e. The molecule has 2 aromatic carbocycles. The van der Waals surface area contributed by atoms with Crippen LogP contribution in [0.1, 0.15) is 21.8 Å². The van der Waals surface area contributed by atoms with E-state index in [0.717, 1.165) is 0 Å². The van der Waals surface area contributed by atoms with E-state index in [4.69, 9.17) is 18.9 Å². The quantitative estimate of drug-likeness (QED) is 0.787. The molecule has 6 nitrogen and oxygen atoms in total. The molecule has 0 spiro atoms. The summed E-state index contributed by atoms with van der Waals surface area (Å²) in [7, 11) is 3.04. The Kier molecular flexibility index (Phi) is 4.25. The molecule has 1 unspecified atom stereocenters. The Hall–Kier alpha value is -3.20. The number of nitriles is 1. The fourth-order valence-electron chi connectivity index (χ4n) is 2.52. The number of Topliss-reactive ketones (excluding diaryl/α,β-unsaturated/α-hetero) is 1. The average molecular weight is 325 g/mol. The molecule has 0 fully saturated rings. The van der Waals surface area contributed by atoms with Crippen molar-refractivity contribution in [1.82, 2.24) is 0 Å². The van der Waals surface area contributed by atoms with Crippen molar-refractivity contribution in [3.8, 4) is 29.1 Å². The summed E-state index contributed by atoms with van der Waals surface area (Å²) in [5, 5.41) is 9.52. The second-order valence-electron chi connectivity index (χ2n) is 5.11. The number of hydrogen-bond acceptors (Lipinski definition) is 6. The molecule has 2 aromatic rings. The first-order chi connectivity index (χ1) is 11.7. The van der Waals surface area contributed by atoms with Crippen molar-refractivity contribution < 1.29 is 23.7 Å². The number of benzene rings is 2. The third kappa shape index (κ3) is 2.72. The van der Waals surface area contributed by atoms with Crippen molar-refractivity contribution >= 4 is 5.78 Å². The zero-order valence-electron chi connectivity index (χ0n) is 13.2. The summed E-state index contributed by atoms with van der Waals surface area (Å²) in [6.07, 6.45) is 0. The normalized spacial score (nSPS) is 13.0. The minimum Gasteiger partial charge on any atom is -0.497 e. The molecule has 0 aliphatic carbocycles. The van der Waals surface area contributed by atoms with Gasteiger partial charge in [0.2, 0.25) is 12.5 Å². The molecule has 3 rings (SSSR count). The molecule has 0 amide bonds. The minimum absolute atomic E-state index is 0.0821. The van der Waals surface area contributed by atoms with Crippen LogP contribution in [0.2, 0.25) is 0 Å². The van der Waals surface area contributed by atoms with Gasteiger partial charge in [-0.2, -0.15) is 5.26 Å². The lowest BCUT2D eigenvalue weighted by molar-refractivity contribution is 0.0979. The standard InChI is InChI=1S/C18H15NO5/c1-21-13-5-3-11(4-6-13)17(20)14(9-19)12-7-15(22-2)18-16(8-12)23-10-24-18/h3-8,14H,10H2,1-2H3. The molecule has 122 valence electrons. The summed E-state index contributed by atoms with van der Waals surface area (Å²) in [6.45, 7) is 0.0821. The van der Waals surface area contributed by atoms with Gasteiger partial charge >= 0.3 is 0 Å². The van der Waals surface area contributed by atoms with Crippen molar-refractivity contribution in [1.29, 1.82) is 5.26 Å². The molecule has 1 aliphatic heterocycles. The number of carbonyl (C=O) groups excluding carboxylic acids is 1. The first kappa shape index (κ1) is 15.7. The topological polar surface area (TPSA) is 77.8 Å². The Bertz CT molecular complexity index is 807. The van der Waals surface area contributed by atoms with Gasteiger partial charge in [0.05, 0.1) is 20.3 Å². The Labute approximate surface area is 139 Å². The Balaban J connectivity index is 1.96. The van der Waals surface area contributed by atoms with E-state index in [9.17, 15) is 10.1 Å². The highest BCUT2D eigenvalue weighted by atomic mass is 16.7. The highest BCUT2D eigenvalue weighted by molar-refractivity contribution is 6.03. The van der Waals surface area contributed by atoms with Crippen LogP contribution < -0.4 is 18.9 Å². The van der Waals surface area contributed by atoms with E-state index in [1.807, 2.05) is 0 Å². The molecule has 24 heavy (non-hydrogen) atoms. The van der Waals surface area contributed by atoms with E-state index >= 15 is 0 Å². The van der Waals surface area contributed by atoms with Crippen molar-refractivity contribution in [2.24, 2.45) is 0 Å². The fourth-order valence-corrected chi connectivity index (χ4v) is 2.52. The zero-order valence-corrected chi connectivity index (χ0v) is 13.2. The van der Waals surface area contributed by atoms with E-state index in [2.05, 4.69) is 6.07 Å². The molecule has 1 aliphatic rings. The van der Waals surface area contributed by atoms with Gasteiger partial charge in [0, 0.05) is 5.56 Å². The van der Waals surface area contributed by atoms with Crippen molar-refractivity contribution in [3.63, 3.8) is 0 Å². The molecule has 0 aromatic heterocycles. The smallest absolute Gasteiger partial charge is 0.231 e. The van der Waals surface area contributed by atoms with E-state index in [0.29, 0.717) is 34.1 Å². The van der Waals surface area contributed by atoms with Crippen molar-refractivity contribution in [2.45, 2.75) is 5.92 Å². The molecule has 1 atom stereocenters. The predicted molar refractivity (Wildman–Crippen MR) is 84.8 cm³/mol. The van der Waals surface area contributed by atoms with Gasteiger partial charge in [-0.15, -0.1) is 0 Å². The van der Waals surface area contributed by atoms with Crippen LogP contribution in [-0.2, 0) is 0 Å². The number of rotatable bonds is 5. The molecule has 1 heterocycles. The maximum atomic E-state index is 12.7. The van der Waals surface area contributed by atoms with Crippen LogP contribution in [-0.4, -0.2) is 26.8 Å². The lowest BCUT2D eigenvalue weighted by atomic mass is 9.91. The molecular formula is C18H15NO5. The number of nitrogens with zero attached hydrogens (tertiary/aromatic N) is 1.